The molecule has 32 heavy (non-hydrogen) atoms. The Labute approximate surface area is 209 Å². The highest BCUT2D eigenvalue weighted by Gasteiger charge is 2.10. The van der Waals surface area contributed by atoms with Crippen LogP contribution in [-0.4, -0.2) is 41.2 Å². The van der Waals surface area contributed by atoms with Gasteiger partial charge in [0.15, 0.2) is 5.96 Å². The lowest BCUT2D eigenvalue weighted by Crippen LogP contribution is -2.39. The number of nitrogens with one attached hydrogen (secondary N) is 3. The van der Waals surface area contributed by atoms with Gasteiger partial charge >= 0.3 is 0 Å². The molecule has 0 amide bonds. The molecule has 0 aliphatic heterocycles. The molecular formula is C23H26ClIN6O. The number of aliphatic imine (C=N–C) groups is 1. The van der Waals surface area contributed by atoms with Gasteiger partial charge in [-0.2, -0.15) is 4.98 Å². The number of aryl methyl sites for hydroxylation is 1. The summed E-state index contributed by atoms with van der Waals surface area (Å²) in [5.41, 5.74) is 4.59. The van der Waals surface area contributed by atoms with E-state index in [-0.39, 0.29) is 24.0 Å². The van der Waals surface area contributed by atoms with Gasteiger partial charge in [0.2, 0.25) is 11.7 Å². The quantitative estimate of drug-likeness (QED) is 0.171. The number of nitrogens with zero attached hydrogens (tertiary/aromatic N) is 3. The summed E-state index contributed by atoms with van der Waals surface area (Å²) in [5, 5.41) is 12.6. The molecule has 168 valence electrons. The number of fused-ring (bicyclic) bond motifs is 1. The van der Waals surface area contributed by atoms with Crippen molar-refractivity contribution in [1.29, 1.82) is 0 Å². The van der Waals surface area contributed by atoms with E-state index in [1.807, 2.05) is 24.3 Å². The fraction of sp³-hybridized carbons (Fsp3) is 0.261. The van der Waals surface area contributed by atoms with E-state index in [9.17, 15) is 0 Å². The highest BCUT2D eigenvalue weighted by atomic mass is 127. The maximum atomic E-state index is 6.03. The summed E-state index contributed by atoms with van der Waals surface area (Å²) in [6.07, 6.45) is 3.58. The van der Waals surface area contributed by atoms with E-state index in [1.165, 1.54) is 22.0 Å². The summed E-state index contributed by atoms with van der Waals surface area (Å²) in [4.78, 5) is 12.1. The molecule has 0 unspecified atom stereocenters. The van der Waals surface area contributed by atoms with Crippen LogP contribution in [0.4, 0.5) is 0 Å². The molecule has 3 N–H and O–H groups in total. The zero-order valence-electron chi connectivity index (χ0n) is 18.0. The monoisotopic (exact) mass is 564 g/mol. The van der Waals surface area contributed by atoms with Crippen molar-refractivity contribution in [2.24, 2.45) is 4.99 Å². The van der Waals surface area contributed by atoms with Crippen molar-refractivity contribution in [3.8, 4) is 11.4 Å². The van der Waals surface area contributed by atoms with Gasteiger partial charge in [-0.15, -0.1) is 24.0 Å². The summed E-state index contributed by atoms with van der Waals surface area (Å²) in [7, 11) is 1.76. The third-order valence-electron chi connectivity index (χ3n) is 5.10. The van der Waals surface area contributed by atoms with Crippen molar-refractivity contribution in [2.45, 2.75) is 19.8 Å². The lowest BCUT2D eigenvalue weighted by atomic mass is 10.1. The molecule has 0 spiro atoms. The number of benzene rings is 2. The fourth-order valence-electron chi connectivity index (χ4n) is 3.50. The first-order valence-electron chi connectivity index (χ1n) is 10.2. The van der Waals surface area contributed by atoms with Crippen molar-refractivity contribution in [3.05, 3.63) is 70.7 Å². The minimum absolute atomic E-state index is 0. The third kappa shape index (κ3) is 5.80. The van der Waals surface area contributed by atoms with Gasteiger partial charge in [0.1, 0.15) is 0 Å². The van der Waals surface area contributed by atoms with Crippen molar-refractivity contribution in [3.63, 3.8) is 0 Å². The van der Waals surface area contributed by atoms with E-state index in [0.29, 0.717) is 29.7 Å². The normalized spacial score (nSPS) is 11.4. The number of H-pyrrole nitrogens is 1. The van der Waals surface area contributed by atoms with Crippen LogP contribution in [0.1, 0.15) is 17.0 Å². The van der Waals surface area contributed by atoms with E-state index >= 15 is 0 Å². The van der Waals surface area contributed by atoms with Gasteiger partial charge in [-0.3, -0.25) is 4.99 Å². The van der Waals surface area contributed by atoms with Crippen LogP contribution < -0.4 is 10.6 Å². The molecular weight excluding hydrogens is 539 g/mol. The Morgan fingerprint density at radius 2 is 1.91 bits per heavy atom. The number of halogens is 2. The van der Waals surface area contributed by atoms with Gasteiger partial charge in [-0.05, 0) is 36.6 Å². The minimum atomic E-state index is 0. The first-order chi connectivity index (χ1) is 15.1. The highest BCUT2D eigenvalue weighted by molar-refractivity contribution is 14.0. The molecule has 0 saturated heterocycles. The Balaban J connectivity index is 0.00000289. The first-order valence-corrected chi connectivity index (χ1v) is 10.6. The predicted octanol–water partition coefficient (Wildman–Crippen LogP) is 4.75. The van der Waals surface area contributed by atoms with Crippen LogP contribution in [0.25, 0.3) is 22.3 Å². The topological polar surface area (TPSA) is 91.1 Å². The number of guanidine groups is 1. The Morgan fingerprint density at radius 1 is 1.12 bits per heavy atom. The molecule has 4 rings (SSSR count). The Kier molecular flexibility index (Phi) is 8.52. The summed E-state index contributed by atoms with van der Waals surface area (Å²) in [5.74, 6) is 1.84. The fourth-order valence-corrected chi connectivity index (χ4v) is 3.69. The van der Waals surface area contributed by atoms with Gasteiger partial charge in [-0.1, -0.05) is 47.1 Å². The second-order valence-electron chi connectivity index (χ2n) is 7.26. The van der Waals surface area contributed by atoms with Gasteiger partial charge in [0, 0.05) is 54.2 Å². The van der Waals surface area contributed by atoms with Crippen LogP contribution in [0.3, 0.4) is 0 Å². The first kappa shape index (κ1) is 24.1. The lowest BCUT2D eigenvalue weighted by Gasteiger charge is -2.10. The standard InChI is InChI=1S/C23H25ClN6O.HI/c1-15-5-3-8-19-17(14-28-21(15)19)9-11-26-23(25-2)27-12-10-20-29-22(30-31-20)16-6-4-7-18(24)13-16;/h3-8,13-14,28H,9-12H2,1-2H3,(H2,25,26,27);1H. The number of aromatic nitrogens is 3. The summed E-state index contributed by atoms with van der Waals surface area (Å²) in [6, 6.07) is 13.8. The molecule has 2 aromatic heterocycles. The number of rotatable bonds is 7. The Morgan fingerprint density at radius 3 is 2.69 bits per heavy atom. The molecule has 4 aromatic rings. The van der Waals surface area contributed by atoms with Crippen molar-refractivity contribution in [1.82, 2.24) is 25.8 Å². The van der Waals surface area contributed by atoms with E-state index in [0.717, 1.165) is 24.5 Å². The highest BCUT2D eigenvalue weighted by Crippen LogP contribution is 2.21. The lowest BCUT2D eigenvalue weighted by molar-refractivity contribution is 0.378. The maximum Gasteiger partial charge on any atom is 0.228 e. The molecule has 0 aliphatic carbocycles. The summed E-state index contributed by atoms with van der Waals surface area (Å²) >= 11 is 6.03. The third-order valence-corrected chi connectivity index (χ3v) is 5.34. The molecule has 0 bridgehead atoms. The molecule has 0 fully saturated rings. The maximum absolute atomic E-state index is 6.03. The second kappa shape index (κ2) is 11.3. The van der Waals surface area contributed by atoms with Crippen LogP contribution in [0, 0.1) is 6.92 Å². The Bertz CT molecular complexity index is 1200. The average Bonchev–Trinajstić information content (AvgIpc) is 3.41. The number of para-hydroxylation sites is 1. The molecule has 2 heterocycles. The van der Waals surface area contributed by atoms with Crippen LogP contribution >= 0.6 is 35.6 Å². The Hall–Kier alpha value is -2.59. The second-order valence-corrected chi connectivity index (χ2v) is 7.70. The average molecular weight is 565 g/mol. The van der Waals surface area contributed by atoms with Gasteiger partial charge in [-0.25, -0.2) is 0 Å². The molecule has 0 saturated carbocycles. The van der Waals surface area contributed by atoms with Crippen LogP contribution in [-0.2, 0) is 12.8 Å². The predicted molar refractivity (Wildman–Crippen MR) is 140 cm³/mol. The van der Waals surface area contributed by atoms with Crippen molar-refractivity contribution in [2.75, 3.05) is 20.1 Å². The molecule has 0 atom stereocenters. The van der Waals surface area contributed by atoms with Gasteiger partial charge in [0.25, 0.3) is 0 Å². The molecule has 7 nitrogen and oxygen atoms in total. The van der Waals surface area contributed by atoms with E-state index in [1.54, 1.807) is 7.05 Å². The number of hydrogen-bond donors (Lipinski definition) is 3. The van der Waals surface area contributed by atoms with Crippen LogP contribution in [0.2, 0.25) is 5.02 Å². The van der Waals surface area contributed by atoms with Crippen LogP contribution in [0.5, 0.6) is 0 Å². The van der Waals surface area contributed by atoms with Crippen molar-refractivity contribution < 1.29 is 4.52 Å². The van der Waals surface area contributed by atoms with Crippen LogP contribution in [0.15, 0.2) is 58.2 Å². The zero-order chi connectivity index (χ0) is 21.6. The van der Waals surface area contributed by atoms with Gasteiger partial charge < -0.3 is 20.1 Å². The number of hydrogen-bond acceptors (Lipinski definition) is 4. The molecule has 9 heteroatoms. The zero-order valence-corrected chi connectivity index (χ0v) is 21.1. The minimum Gasteiger partial charge on any atom is -0.361 e. The molecule has 0 aliphatic rings. The van der Waals surface area contributed by atoms with E-state index in [2.05, 4.69) is 62.1 Å². The number of aromatic amines is 1. The smallest absolute Gasteiger partial charge is 0.228 e. The molecule has 0 radical (unpaired) electrons. The molecule has 2 aromatic carbocycles. The van der Waals surface area contributed by atoms with Gasteiger partial charge in [0.05, 0.1) is 0 Å². The van der Waals surface area contributed by atoms with E-state index < -0.39 is 0 Å². The van der Waals surface area contributed by atoms with E-state index in [4.69, 9.17) is 16.1 Å². The van der Waals surface area contributed by atoms with Crippen molar-refractivity contribution >= 4 is 52.4 Å². The SMILES string of the molecule is CN=C(NCCc1nc(-c2cccc(Cl)c2)no1)NCCc1c[nH]c2c(C)cccc12.I. The largest absolute Gasteiger partial charge is 0.361 e. The summed E-state index contributed by atoms with van der Waals surface area (Å²) in [6.45, 7) is 3.52. The summed E-state index contributed by atoms with van der Waals surface area (Å²) < 4.78 is 5.35.